The largest absolute Gasteiger partial charge is 0.396 e. The second-order valence-electron chi connectivity index (χ2n) is 3.17. The maximum Gasteiger partial charge on any atom is 0.275 e. The minimum Gasteiger partial charge on any atom is -0.396 e. The van der Waals surface area contributed by atoms with E-state index in [-0.39, 0.29) is 11.3 Å². The molecular formula is C9H10N4O3. The van der Waals surface area contributed by atoms with Crippen molar-refractivity contribution in [1.29, 1.82) is 0 Å². The second kappa shape index (κ2) is 5.11. The van der Waals surface area contributed by atoms with E-state index in [2.05, 4.69) is 10.0 Å². The zero-order valence-corrected chi connectivity index (χ0v) is 8.57. The van der Waals surface area contributed by atoms with Crippen LogP contribution in [0.3, 0.4) is 0 Å². The van der Waals surface area contributed by atoms with E-state index in [0.29, 0.717) is 5.56 Å². The van der Waals surface area contributed by atoms with Crippen molar-refractivity contribution in [3.63, 3.8) is 0 Å². The molecule has 1 rings (SSSR count). The van der Waals surface area contributed by atoms with Crippen molar-refractivity contribution in [3.05, 3.63) is 49.9 Å². The molecule has 1 unspecified atom stereocenters. The van der Waals surface area contributed by atoms with E-state index < -0.39 is 17.6 Å². The fraction of sp³-hybridized carbons (Fsp3) is 0.333. The van der Waals surface area contributed by atoms with Gasteiger partial charge in [0, 0.05) is 16.0 Å². The first-order valence-electron chi connectivity index (χ1n) is 4.50. The van der Waals surface area contributed by atoms with Gasteiger partial charge in [-0.05, 0) is 12.5 Å². The van der Waals surface area contributed by atoms with Gasteiger partial charge in [0.25, 0.3) is 5.69 Å². The molecule has 84 valence electrons. The molecule has 0 spiro atoms. The van der Waals surface area contributed by atoms with Crippen LogP contribution in [0.15, 0.2) is 23.3 Å². The Labute approximate surface area is 91.1 Å². The number of nitro benzene ring substituents is 1. The highest BCUT2D eigenvalue weighted by Gasteiger charge is 2.22. The fourth-order valence-electron chi connectivity index (χ4n) is 1.46. The van der Waals surface area contributed by atoms with Gasteiger partial charge in [-0.15, -0.1) is 0 Å². The van der Waals surface area contributed by atoms with E-state index in [4.69, 9.17) is 10.6 Å². The summed E-state index contributed by atoms with van der Waals surface area (Å²) in [6.45, 7) is 1.13. The van der Waals surface area contributed by atoms with E-state index in [1.807, 2.05) is 0 Å². The molecule has 16 heavy (non-hydrogen) atoms. The monoisotopic (exact) mass is 222 g/mol. The summed E-state index contributed by atoms with van der Waals surface area (Å²) in [7, 11) is 0. The van der Waals surface area contributed by atoms with Crippen molar-refractivity contribution in [2.75, 3.05) is 6.61 Å². The molecule has 0 aromatic heterocycles. The van der Waals surface area contributed by atoms with Gasteiger partial charge in [-0.25, -0.2) is 0 Å². The number of aliphatic hydroxyl groups excluding tert-OH is 1. The molecule has 0 radical (unpaired) electrons. The molecule has 0 aliphatic carbocycles. The predicted molar refractivity (Wildman–Crippen MR) is 56.8 cm³/mol. The summed E-state index contributed by atoms with van der Waals surface area (Å²) in [5, 5.41) is 23.2. The topological polar surface area (TPSA) is 112 Å². The lowest BCUT2D eigenvalue weighted by Crippen LogP contribution is -2.05. The van der Waals surface area contributed by atoms with Crippen LogP contribution in [0.25, 0.3) is 10.4 Å². The Balaban J connectivity index is 3.36. The van der Waals surface area contributed by atoms with Crippen molar-refractivity contribution in [2.24, 2.45) is 5.11 Å². The Bertz CT molecular complexity index is 454. The highest BCUT2D eigenvalue weighted by Crippen LogP contribution is 2.30. The lowest BCUT2D eigenvalue weighted by Gasteiger charge is -2.09. The molecule has 0 heterocycles. The molecule has 0 bridgehead atoms. The van der Waals surface area contributed by atoms with Crippen molar-refractivity contribution >= 4 is 5.69 Å². The molecule has 0 fully saturated rings. The Morgan fingerprint density at radius 2 is 2.38 bits per heavy atom. The Kier molecular flexibility index (Phi) is 3.82. The van der Waals surface area contributed by atoms with Crippen LogP contribution in [0, 0.1) is 17.0 Å². The lowest BCUT2D eigenvalue weighted by atomic mass is 10.0. The molecule has 1 N–H and O–H groups in total. The molecule has 0 aliphatic heterocycles. The summed E-state index contributed by atoms with van der Waals surface area (Å²) in [6.07, 6.45) is 0. The average molecular weight is 222 g/mol. The average Bonchev–Trinajstić information content (AvgIpc) is 2.25. The highest BCUT2D eigenvalue weighted by molar-refractivity contribution is 5.48. The minimum absolute atomic E-state index is 0.117. The van der Waals surface area contributed by atoms with E-state index in [1.54, 1.807) is 19.1 Å². The number of aryl methyl sites for hydroxylation is 1. The van der Waals surface area contributed by atoms with Gasteiger partial charge >= 0.3 is 0 Å². The molecule has 0 amide bonds. The Hall–Kier alpha value is -2.11. The standard InChI is InChI=1S/C9H10N4O3/c1-6-3-2-4-7(9(6)13(15)16)8(5-14)11-12-10/h2-4,8,14H,5H2,1H3. The van der Waals surface area contributed by atoms with Crippen molar-refractivity contribution in [3.8, 4) is 0 Å². The number of azide groups is 1. The van der Waals surface area contributed by atoms with Crippen molar-refractivity contribution in [1.82, 2.24) is 0 Å². The van der Waals surface area contributed by atoms with E-state index in [9.17, 15) is 10.1 Å². The number of benzene rings is 1. The van der Waals surface area contributed by atoms with Gasteiger partial charge in [-0.3, -0.25) is 10.1 Å². The zero-order valence-electron chi connectivity index (χ0n) is 8.57. The Morgan fingerprint density at radius 1 is 1.69 bits per heavy atom. The van der Waals surface area contributed by atoms with Gasteiger partial charge < -0.3 is 5.11 Å². The van der Waals surface area contributed by atoms with E-state index in [0.717, 1.165) is 0 Å². The number of nitrogens with zero attached hydrogens (tertiary/aromatic N) is 4. The number of para-hydroxylation sites is 1. The summed E-state index contributed by atoms with van der Waals surface area (Å²) in [4.78, 5) is 12.9. The quantitative estimate of drug-likeness (QED) is 0.277. The van der Waals surface area contributed by atoms with Gasteiger partial charge in [-0.1, -0.05) is 23.3 Å². The third kappa shape index (κ3) is 2.28. The number of rotatable bonds is 4. The van der Waals surface area contributed by atoms with Crippen LogP contribution in [0.4, 0.5) is 5.69 Å². The van der Waals surface area contributed by atoms with Crippen LogP contribution in [-0.4, -0.2) is 16.6 Å². The van der Waals surface area contributed by atoms with Gasteiger partial charge in [0.05, 0.1) is 17.6 Å². The molecule has 0 aliphatic rings. The van der Waals surface area contributed by atoms with Gasteiger partial charge in [-0.2, -0.15) is 0 Å². The first-order valence-corrected chi connectivity index (χ1v) is 4.50. The van der Waals surface area contributed by atoms with Crippen molar-refractivity contribution < 1.29 is 10.0 Å². The molecule has 0 saturated carbocycles. The smallest absolute Gasteiger partial charge is 0.275 e. The zero-order chi connectivity index (χ0) is 12.1. The third-order valence-corrected chi connectivity index (χ3v) is 2.17. The minimum atomic E-state index is -0.926. The molecule has 1 aromatic rings. The molecule has 0 saturated heterocycles. The van der Waals surface area contributed by atoms with Crippen LogP contribution < -0.4 is 0 Å². The number of nitro groups is 1. The summed E-state index contributed by atoms with van der Waals surface area (Å²) < 4.78 is 0. The van der Waals surface area contributed by atoms with Crippen molar-refractivity contribution in [2.45, 2.75) is 13.0 Å². The first-order chi connectivity index (χ1) is 7.61. The molecule has 1 atom stereocenters. The maximum atomic E-state index is 10.9. The van der Waals surface area contributed by atoms with E-state index >= 15 is 0 Å². The van der Waals surface area contributed by atoms with Gasteiger partial charge in [0.15, 0.2) is 0 Å². The van der Waals surface area contributed by atoms with Gasteiger partial charge in [0.2, 0.25) is 0 Å². The van der Waals surface area contributed by atoms with Crippen LogP contribution in [0.1, 0.15) is 17.2 Å². The normalized spacial score (nSPS) is 11.6. The molecular weight excluding hydrogens is 212 g/mol. The van der Waals surface area contributed by atoms with Crippen LogP contribution in [-0.2, 0) is 0 Å². The molecule has 1 aromatic carbocycles. The van der Waals surface area contributed by atoms with E-state index in [1.165, 1.54) is 6.07 Å². The lowest BCUT2D eigenvalue weighted by molar-refractivity contribution is -0.386. The Morgan fingerprint density at radius 3 is 2.88 bits per heavy atom. The molecule has 7 nitrogen and oxygen atoms in total. The van der Waals surface area contributed by atoms with Crippen LogP contribution in [0.5, 0.6) is 0 Å². The first kappa shape index (κ1) is 12.0. The second-order valence-corrected chi connectivity index (χ2v) is 3.17. The number of aliphatic hydroxyl groups is 1. The number of hydrogen-bond donors (Lipinski definition) is 1. The van der Waals surface area contributed by atoms with Crippen LogP contribution in [0.2, 0.25) is 0 Å². The third-order valence-electron chi connectivity index (χ3n) is 2.17. The summed E-state index contributed by atoms with van der Waals surface area (Å²) in [5.74, 6) is 0. The fourth-order valence-corrected chi connectivity index (χ4v) is 1.46. The van der Waals surface area contributed by atoms with Gasteiger partial charge in [0.1, 0.15) is 0 Å². The SMILES string of the molecule is Cc1cccc(C(CO)N=[N+]=[N-])c1[N+](=O)[O-]. The predicted octanol–water partition coefficient (Wildman–Crippen LogP) is 2.25. The molecule has 7 heteroatoms. The number of hydrogen-bond acceptors (Lipinski definition) is 4. The summed E-state index contributed by atoms with van der Waals surface area (Å²) in [5.41, 5.74) is 8.88. The van der Waals surface area contributed by atoms with Crippen LogP contribution >= 0.6 is 0 Å². The maximum absolute atomic E-state index is 10.9. The summed E-state index contributed by atoms with van der Waals surface area (Å²) in [6, 6.07) is 3.75. The summed E-state index contributed by atoms with van der Waals surface area (Å²) >= 11 is 0. The highest BCUT2D eigenvalue weighted by atomic mass is 16.6.